The van der Waals surface area contributed by atoms with Crippen molar-refractivity contribution < 1.29 is 9.90 Å². The number of nitrogens with zero attached hydrogens (tertiary/aromatic N) is 2. The molecule has 0 aliphatic heterocycles. The average molecular weight is 254 g/mol. The average Bonchev–Trinajstić information content (AvgIpc) is 2.65. The molecule has 0 spiro atoms. The first-order valence-corrected chi connectivity index (χ1v) is 5.89. The number of carbonyl (C=O) groups is 1. The van der Waals surface area contributed by atoms with Crippen LogP contribution in [-0.4, -0.2) is 15.6 Å². The molecular weight excluding hydrogens is 240 g/mol. The van der Waals surface area contributed by atoms with E-state index in [-0.39, 0.29) is 5.56 Å². The highest BCUT2D eigenvalue weighted by molar-refractivity contribution is 5.90. The van der Waals surface area contributed by atoms with E-state index in [1.807, 2.05) is 30.5 Å². The fourth-order valence-electron chi connectivity index (χ4n) is 2.34. The van der Waals surface area contributed by atoms with Crippen molar-refractivity contribution in [3.05, 3.63) is 52.3 Å². The van der Waals surface area contributed by atoms with Crippen LogP contribution in [0.15, 0.2) is 24.3 Å². The molecule has 96 valence electrons. The maximum absolute atomic E-state index is 11.2. The molecule has 1 heterocycles. The first-order chi connectivity index (χ1) is 8.97. The van der Waals surface area contributed by atoms with E-state index in [4.69, 9.17) is 10.4 Å². The van der Waals surface area contributed by atoms with E-state index in [0.29, 0.717) is 11.1 Å². The Kier molecular flexibility index (Phi) is 3.14. The summed E-state index contributed by atoms with van der Waals surface area (Å²) in [6.45, 7) is 5.54. The quantitative estimate of drug-likeness (QED) is 0.895. The number of rotatable bonds is 2. The van der Waals surface area contributed by atoms with Gasteiger partial charge in [0.25, 0.3) is 0 Å². The molecule has 1 N–H and O–H groups in total. The SMILES string of the molecule is Cc1c(C(=O)O)cccc1-n1c(C)cc(C#N)c1C. The number of hydrogen-bond acceptors (Lipinski definition) is 2. The van der Waals surface area contributed by atoms with Crippen LogP contribution >= 0.6 is 0 Å². The van der Waals surface area contributed by atoms with E-state index in [9.17, 15) is 4.79 Å². The summed E-state index contributed by atoms with van der Waals surface area (Å²) < 4.78 is 1.92. The normalized spacial score (nSPS) is 10.2. The van der Waals surface area contributed by atoms with Crippen molar-refractivity contribution in [1.29, 1.82) is 5.26 Å². The van der Waals surface area contributed by atoms with Crippen LogP contribution in [0.5, 0.6) is 0 Å². The van der Waals surface area contributed by atoms with Crippen molar-refractivity contribution >= 4 is 5.97 Å². The number of aromatic carboxylic acids is 1. The summed E-state index contributed by atoms with van der Waals surface area (Å²) in [6, 6.07) is 9.12. The van der Waals surface area contributed by atoms with Crippen LogP contribution < -0.4 is 0 Å². The predicted molar refractivity (Wildman–Crippen MR) is 71.7 cm³/mol. The van der Waals surface area contributed by atoms with Gasteiger partial charge in [-0.25, -0.2) is 4.79 Å². The molecule has 0 unspecified atom stereocenters. The maximum atomic E-state index is 11.2. The lowest BCUT2D eigenvalue weighted by Crippen LogP contribution is -2.07. The van der Waals surface area contributed by atoms with Gasteiger partial charge in [0.2, 0.25) is 0 Å². The standard InChI is InChI=1S/C15H14N2O2/c1-9-7-12(8-16)11(3)17(9)14-6-4-5-13(10(14)2)15(18)19/h4-7H,1-3H3,(H,18,19). The van der Waals surface area contributed by atoms with E-state index < -0.39 is 5.97 Å². The molecule has 0 aliphatic rings. The van der Waals surface area contributed by atoms with Crippen molar-refractivity contribution in [1.82, 2.24) is 4.57 Å². The Bertz CT molecular complexity index is 706. The van der Waals surface area contributed by atoms with Gasteiger partial charge in [0.1, 0.15) is 6.07 Å². The van der Waals surface area contributed by atoms with Crippen molar-refractivity contribution in [2.75, 3.05) is 0 Å². The van der Waals surface area contributed by atoms with Crippen LogP contribution in [-0.2, 0) is 0 Å². The Labute approximate surface area is 111 Å². The molecule has 19 heavy (non-hydrogen) atoms. The van der Waals surface area contributed by atoms with Gasteiger partial charge in [-0.3, -0.25) is 0 Å². The number of nitriles is 1. The lowest BCUT2D eigenvalue weighted by molar-refractivity contribution is 0.0696. The summed E-state index contributed by atoms with van der Waals surface area (Å²) in [5.74, 6) is -0.942. The molecular formula is C15H14N2O2. The first kappa shape index (κ1) is 12.9. The first-order valence-electron chi connectivity index (χ1n) is 5.89. The molecule has 2 rings (SSSR count). The number of carboxylic acids is 1. The Morgan fingerprint density at radius 1 is 1.32 bits per heavy atom. The Balaban J connectivity index is 2.74. The van der Waals surface area contributed by atoms with Gasteiger partial charge in [-0.15, -0.1) is 0 Å². The number of aryl methyl sites for hydroxylation is 1. The second kappa shape index (κ2) is 4.62. The molecule has 0 amide bonds. The molecule has 0 fully saturated rings. The van der Waals surface area contributed by atoms with Crippen LogP contribution in [0.1, 0.15) is 32.9 Å². The van der Waals surface area contributed by atoms with Crippen molar-refractivity contribution in [2.45, 2.75) is 20.8 Å². The lowest BCUT2D eigenvalue weighted by Gasteiger charge is -2.14. The summed E-state index contributed by atoms with van der Waals surface area (Å²) in [5, 5.41) is 18.2. The fourth-order valence-corrected chi connectivity index (χ4v) is 2.34. The second-order valence-electron chi connectivity index (χ2n) is 4.49. The van der Waals surface area contributed by atoms with Gasteiger partial charge in [0.05, 0.1) is 11.1 Å². The third-order valence-electron chi connectivity index (χ3n) is 3.33. The molecule has 0 radical (unpaired) electrons. The highest BCUT2D eigenvalue weighted by Crippen LogP contribution is 2.24. The van der Waals surface area contributed by atoms with Crippen LogP contribution in [0.4, 0.5) is 0 Å². The Morgan fingerprint density at radius 2 is 2.00 bits per heavy atom. The summed E-state index contributed by atoms with van der Waals surface area (Å²) >= 11 is 0. The maximum Gasteiger partial charge on any atom is 0.336 e. The molecule has 4 nitrogen and oxygen atoms in total. The van der Waals surface area contributed by atoms with Crippen molar-refractivity contribution in [3.8, 4) is 11.8 Å². The predicted octanol–water partition coefficient (Wildman–Crippen LogP) is 2.97. The van der Waals surface area contributed by atoms with E-state index >= 15 is 0 Å². The van der Waals surface area contributed by atoms with Crippen molar-refractivity contribution in [2.24, 2.45) is 0 Å². The van der Waals surface area contributed by atoms with E-state index in [1.165, 1.54) is 0 Å². The zero-order valence-corrected chi connectivity index (χ0v) is 11.1. The minimum Gasteiger partial charge on any atom is -0.478 e. The van der Waals surface area contributed by atoms with Gasteiger partial charge < -0.3 is 9.67 Å². The molecule has 0 bridgehead atoms. The van der Waals surface area contributed by atoms with Crippen LogP contribution in [0, 0.1) is 32.1 Å². The molecule has 1 aromatic heterocycles. The van der Waals surface area contributed by atoms with Gasteiger partial charge in [-0.2, -0.15) is 5.26 Å². The minimum atomic E-state index is -0.942. The van der Waals surface area contributed by atoms with E-state index in [1.54, 1.807) is 19.1 Å². The Morgan fingerprint density at radius 3 is 2.53 bits per heavy atom. The topological polar surface area (TPSA) is 66.0 Å². The zero-order chi connectivity index (χ0) is 14.2. The number of hydrogen-bond donors (Lipinski definition) is 1. The fraction of sp³-hybridized carbons (Fsp3) is 0.200. The van der Waals surface area contributed by atoms with Crippen LogP contribution in [0.2, 0.25) is 0 Å². The third kappa shape index (κ3) is 2.00. The summed E-state index contributed by atoms with van der Waals surface area (Å²) in [6.07, 6.45) is 0. The molecule has 1 aromatic carbocycles. The van der Waals surface area contributed by atoms with E-state index in [2.05, 4.69) is 6.07 Å². The number of aromatic nitrogens is 1. The van der Waals surface area contributed by atoms with Gasteiger partial charge >= 0.3 is 5.97 Å². The summed E-state index contributed by atoms with van der Waals surface area (Å²) in [5.41, 5.74) is 4.13. The second-order valence-corrected chi connectivity index (χ2v) is 4.49. The van der Waals surface area contributed by atoms with Gasteiger partial charge in [-0.05, 0) is 44.5 Å². The summed E-state index contributed by atoms with van der Waals surface area (Å²) in [4.78, 5) is 11.2. The van der Waals surface area contributed by atoms with Crippen LogP contribution in [0.25, 0.3) is 5.69 Å². The van der Waals surface area contributed by atoms with E-state index in [0.717, 1.165) is 17.1 Å². The van der Waals surface area contributed by atoms with Crippen molar-refractivity contribution in [3.63, 3.8) is 0 Å². The monoisotopic (exact) mass is 254 g/mol. The molecule has 0 saturated carbocycles. The minimum absolute atomic E-state index is 0.281. The Hall–Kier alpha value is -2.54. The molecule has 4 heteroatoms. The molecule has 2 aromatic rings. The van der Waals surface area contributed by atoms with Gasteiger partial charge in [0.15, 0.2) is 0 Å². The molecule has 0 atom stereocenters. The smallest absolute Gasteiger partial charge is 0.336 e. The highest BCUT2D eigenvalue weighted by atomic mass is 16.4. The number of benzene rings is 1. The number of carboxylic acid groups (broad SMARTS) is 1. The zero-order valence-electron chi connectivity index (χ0n) is 11.1. The highest BCUT2D eigenvalue weighted by Gasteiger charge is 2.15. The van der Waals surface area contributed by atoms with Crippen LogP contribution in [0.3, 0.4) is 0 Å². The van der Waals surface area contributed by atoms with Gasteiger partial charge in [-0.1, -0.05) is 6.07 Å². The van der Waals surface area contributed by atoms with Gasteiger partial charge in [0, 0.05) is 17.1 Å². The summed E-state index contributed by atoms with van der Waals surface area (Å²) in [7, 11) is 0. The molecule has 0 saturated heterocycles. The lowest BCUT2D eigenvalue weighted by atomic mass is 10.1. The largest absolute Gasteiger partial charge is 0.478 e. The molecule has 0 aliphatic carbocycles. The third-order valence-corrected chi connectivity index (χ3v) is 3.33.